The normalized spacial score (nSPS) is 17.0. The number of ketones is 1. The summed E-state index contributed by atoms with van der Waals surface area (Å²) in [5.74, 6) is -0.534. The second kappa shape index (κ2) is 8.41. The van der Waals surface area contributed by atoms with Crippen LogP contribution in [0, 0.1) is 11.8 Å². The molecule has 0 radical (unpaired) electrons. The molecule has 1 fully saturated rings. The van der Waals surface area contributed by atoms with Crippen LogP contribution in [0.4, 0.5) is 0 Å². The Morgan fingerprint density at radius 3 is 2.36 bits per heavy atom. The molecule has 0 spiro atoms. The van der Waals surface area contributed by atoms with Crippen LogP contribution in [0.1, 0.15) is 70.5 Å². The molecule has 1 N–H and O–H groups in total. The summed E-state index contributed by atoms with van der Waals surface area (Å²) in [5.41, 5.74) is 0.915. The van der Waals surface area contributed by atoms with E-state index in [2.05, 4.69) is 18.8 Å². The summed E-state index contributed by atoms with van der Waals surface area (Å²) in [6, 6.07) is 0.250. The van der Waals surface area contributed by atoms with Gasteiger partial charge in [-0.3, -0.25) is 9.59 Å². The first-order valence-electron chi connectivity index (χ1n) is 9.16. The Labute approximate surface area is 154 Å². The lowest BCUT2D eigenvalue weighted by Gasteiger charge is -2.26. The third-order valence-corrected chi connectivity index (χ3v) is 5.81. The maximum Gasteiger partial charge on any atom is 0.223 e. The molecule has 2 rings (SSSR count). The Morgan fingerprint density at radius 2 is 1.92 bits per heavy atom. The zero-order valence-corrected chi connectivity index (χ0v) is 16.7. The van der Waals surface area contributed by atoms with Crippen molar-refractivity contribution in [3.8, 4) is 0 Å². The molecular weight excluding hydrogens is 336 g/mol. The minimum Gasteiger partial charge on any atom is -0.393 e. The van der Waals surface area contributed by atoms with Gasteiger partial charge in [-0.25, -0.2) is 4.98 Å². The fourth-order valence-electron chi connectivity index (χ4n) is 2.88. The van der Waals surface area contributed by atoms with E-state index in [1.807, 2.05) is 24.1 Å². The molecule has 1 aromatic rings. The third kappa shape index (κ3) is 5.35. The van der Waals surface area contributed by atoms with Gasteiger partial charge in [0.1, 0.15) is 5.78 Å². The Hall–Kier alpha value is -1.27. The van der Waals surface area contributed by atoms with Gasteiger partial charge < -0.3 is 10.0 Å². The molecule has 25 heavy (non-hydrogen) atoms. The summed E-state index contributed by atoms with van der Waals surface area (Å²) in [4.78, 5) is 31.7. The van der Waals surface area contributed by atoms with Crippen molar-refractivity contribution in [1.29, 1.82) is 0 Å². The van der Waals surface area contributed by atoms with E-state index in [0.29, 0.717) is 12.5 Å². The molecule has 1 saturated carbocycles. The second-order valence-electron chi connectivity index (χ2n) is 7.69. The van der Waals surface area contributed by atoms with Gasteiger partial charge in [0.25, 0.3) is 0 Å². The Morgan fingerprint density at radius 1 is 1.28 bits per heavy atom. The van der Waals surface area contributed by atoms with Crippen molar-refractivity contribution in [3.05, 3.63) is 16.1 Å². The first-order valence-corrected chi connectivity index (χ1v) is 10.0. The first-order chi connectivity index (χ1) is 11.7. The van der Waals surface area contributed by atoms with Crippen LogP contribution >= 0.6 is 11.3 Å². The molecule has 1 amide bonds. The highest BCUT2D eigenvalue weighted by Gasteiger charge is 2.36. The number of nitrogens with zero attached hydrogens (tertiary/aromatic N) is 2. The number of aliphatic hydroxyl groups is 1. The summed E-state index contributed by atoms with van der Waals surface area (Å²) in [6.45, 7) is 9.92. The van der Waals surface area contributed by atoms with Crippen LogP contribution in [-0.2, 0) is 16.1 Å². The van der Waals surface area contributed by atoms with E-state index >= 15 is 0 Å². The fourth-order valence-corrected chi connectivity index (χ4v) is 3.71. The fraction of sp³-hybridized carbons (Fsp3) is 0.737. The van der Waals surface area contributed by atoms with Crippen molar-refractivity contribution in [2.24, 2.45) is 11.8 Å². The van der Waals surface area contributed by atoms with Gasteiger partial charge in [-0.05, 0) is 19.8 Å². The molecule has 1 aliphatic carbocycles. The predicted molar refractivity (Wildman–Crippen MR) is 99.4 cm³/mol. The van der Waals surface area contributed by atoms with Crippen molar-refractivity contribution in [1.82, 2.24) is 9.88 Å². The Kier molecular flexibility index (Phi) is 6.74. The topological polar surface area (TPSA) is 70.5 Å². The third-order valence-electron chi connectivity index (χ3n) is 4.62. The van der Waals surface area contributed by atoms with Gasteiger partial charge in [-0.15, -0.1) is 11.3 Å². The molecule has 5 nitrogen and oxygen atoms in total. The molecule has 0 aromatic carbocycles. The number of aromatic nitrogens is 1. The van der Waals surface area contributed by atoms with Crippen LogP contribution in [0.15, 0.2) is 5.38 Å². The van der Waals surface area contributed by atoms with E-state index in [-0.39, 0.29) is 30.1 Å². The number of rotatable bonds is 9. The van der Waals surface area contributed by atoms with Crippen molar-refractivity contribution in [2.45, 2.75) is 78.5 Å². The molecule has 6 heteroatoms. The summed E-state index contributed by atoms with van der Waals surface area (Å²) >= 11 is 1.63. The molecule has 0 aliphatic heterocycles. The number of carbonyl (C=O) groups excluding carboxylic acids is 2. The van der Waals surface area contributed by atoms with Gasteiger partial charge in [0, 0.05) is 29.7 Å². The van der Waals surface area contributed by atoms with E-state index < -0.39 is 12.0 Å². The van der Waals surface area contributed by atoms with Crippen molar-refractivity contribution >= 4 is 23.0 Å². The van der Waals surface area contributed by atoms with Gasteiger partial charge in [0.2, 0.25) is 5.91 Å². The average Bonchev–Trinajstić information content (AvgIpc) is 3.26. The predicted octanol–water partition coefficient (Wildman–Crippen LogP) is 3.37. The SMILES string of the molecule is CC(C)C(=O)C(CC(=O)N(Cc1csc(C(C)C)n1)C1CC1)C(C)O. The van der Waals surface area contributed by atoms with Crippen LogP contribution < -0.4 is 0 Å². The van der Waals surface area contributed by atoms with Crippen LogP contribution in [0.5, 0.6) is 0 Å². The van der Waals surface area contributed by atoms with Crippen LogP contribution in [0.3, 0.4) is 0 Å². The zero-order valence-electron chi connectivity index (χ0n) is 15.9. The van der Waals surface area contributed by atoms with Gasteiger partial charge in [-0.2, -0.15) is 0 Å². The van der Waals surface area contributed by atoms with E-state index in [4.69, 9.17) is 0 Å². The van der Waals surface area contributed by atoms with E-state index in [1.165, 1.54) is 0 Å². The zero-order chi connectivity index (χ0) is 18.7. The van der Waals surface area contributed by atoms with Crippen LogP contribution in [-0.4, -0.2) is 38.8 Å². The molecule has 1 aromatic heterocycles. The average molecular weight is 367 g/mol. The number of Topliss-reactive ketones (excluding diaryl/α,β-unsaturated/α-hetero) is 1. The lowest BCUT2D eigenvalue weighted by molar-refractivity contribution is -0.140. The highest BCUT2D eigenvalue weighted by molar-refractivity contribution is 7.09. The van der Waals surface area contributed by atoms with E-state index in [1.54, 1.807) is 18.3 Å². The van der Waals surface area contributed by atoms with Gasteiger partial charge >= 0.3 is 0 Å². The number of amides is 1. The number of hydrogen-bond acceptors (Lipinski definition) is 5. The molecule has 1 aliphatic rings. The maximum atomic E-state index is 12.8. The highest BCUT2D eigenvalue weighted by Crippen LogP contribution is 2.31. The van der Waals surface area contributed by atoms with Crippen molar-refractivity contribution < 1.29 is 14.7 Å². The van der Waals surface area contributed by atoms with E-state index in [0.717, 1.165) is 23.5 Å². The summed E-state index contributed by atoms with van der Waals surface area (Å²) in [5, 5.41) is 13.1. The summed E-state index contributed by atoms with van der Waals surface area (Å²) in [7, 11) is 0. The Bertz CT molecular complexity index is 606. The highest BCUT2D eigenvalue weighted by atomic mass is 32.1. The minimum atomic E-state index is -0.813. The standard InChI is InChI=1S/C19H30N2O3S/c1-11(2)18(24)16(13(5)22)8-17(23)21(15-6-7-15)9-14-10-25-19(20-14)12(3)4/h10-13,15-16,22H,6-9H2,1-5H3. The molecule has 2 unspecified atom stereocenters. The molecule has 2 atom stereocenters. The minimum absolute atomic E-state index is 0.0464. The molecular formula is C19H30N2O3S. The lowest BCUT2D eigenvalue weighted by atomic mass is 9.88. The van der Waals surface area contributed by atoms with E-state index in [9.17, 15) is 14.7 Å². The number of thiazole rings is 1. The van der Waals surface area contributed by atoms with Crippen LogP contribution in [0.25, 0.3) is 0 Å². The number of carbonyl (C=O) groups is 2. The van der Waals surface area contributed by atoms with Crippen molar-refractivity contribution in [3.63, 3.8) is 0 Å². The van der Waals surface area contributed by atoms with Crippen molar-refractivity contribution in [2.75, 3.05) is 0 Å². The summed E-state index contributed by atoms with van der Waals surface area (Å²) < 4.78 is 0. The number of hydrogen-bond donors (Lipinski definition) is 1. The molecule has 1 heterocycles. The van der Waals surface area contributed by atoms with Gasteiger partial charge in [0.15, 0.2) is 0 Å². The van der Waals surface area contributed by atoms with Gasteiger partial charge in [-0.1, -0.05) is 27.7 Å². The monoisotopic (exact) mass is 366 g/mol. The number of aliphatic hydroxyl groups excluding tert-OH is 1. The smallest absolute Gasteiger partial charge is 0.223 e. The Balaban J connectivity index is 2.08. The summed E-state index contributed by atoms with van der Waals surface area (Å²) in [6.07, 6.45) is 1.27. The molecule has 0 bridgehead atoms. The molecule has 0 saturated heterocycles. The quantitative estimate of drug-likeness (QED) is 0.727. The lowest BCUT2D eigenvalue weighted by Crippen LogP contribution is -2.38. The first kappa shape index (κ1) is 20.0. The molecule has 140 valence electrons. The largest absolute Gasteiger partial charge is 0.393 e. The maximum absolute atomic E-state index is 12.8. The second-order valence-corrected chi connectivity index (χ2v) is 8.58. The van der Waals surface area contributed by atoms with Crippen LogP contribution in [0.2, 0.25) is 0 Å². The van der Waals surface area contributed by atoms with Gasteiger partial charge in [0.05, 0.1) is 29.3 Å².